The van der Waals surface area contributed by atoms with Crippen LogP contribution >= 0.6 is 0 Å². The molecule has 0 saturated carbocycles. The second-order valence-corrected chi connectivity index (χ2v) is 25.4. The zero-order chi connectivity index (χ0) is 73.4. The Labute approximate surface area is 563 Å². The van der Waals surface area contributed by atoms with E-state index in [-0.39, 0.29) is 0 Å². The van der Waals surface area contributed by atoms with Crippen molar-refractivity contribution >= 4 is 0 Å². The number of hydrogen-bond acceptors (Lipinski definition) is 46. The van der Waals surface area contributed by atoms with Gasteiger partial charge in [0.05, 0.1) is 59.5 Å². The van der Waals surface area contributed by atoms with Gasteiger partial charge in [-0.15, -0.1) is 0 Å². The quantitative estimate of drug-likeness (QED) is 0.0404. The fourth-order valence-electron chi connectivity index (χ4n) is 12.4. The van der Waals surface area contributed by atoms with Crippen LogP contribution in [0.4, 0.5) is 0 Å². The average molecular weight is 1480 g/mol. The first kappa shape index (κ1) is 82.2. The molecule has 45 atom stereocenters. The van der Waals surface area contributed by atoms with Crippen LogP contribution in [-0.4, -0.2) is 484 Å². The first-order valence-corrected chi connectivity index (χ1v) is 31.7. The largest absolute Gasteiger partial charge is 0.394 e. The number of rotatable bonds is 25. The lowest BCUT2D eigenvalue weighted by molar-refractivity contribution is -0.377. The van der Waals surface area contributed by atoms with E-state index in [2.05, 4.69) is 0 Å². The summed E-state index contributed by atoms with van der Waals surface area (Å²) < 4.78 is 94.9. The van der Waals surface area contributed by atoms with Gasteiger partial charge in [-0.1, -0.05) is 0 Å². The Kier molecular flexibility index (Phi) is 29.2. The van der Waals surface area contributed by atoms with Gasteiger partial charge >= 0.3 is 0 Å². The lowest BCUT2D eigenvalue weighted by Crippen LogP contribution is -2.66. The van der Waals surface area contributed by atoms with Gasteiger partial charge in [0, 0.05) is 0 Å². The highest BCUT2D eigenvalue weighted by Gasteiger charge is 2.58. The zero-order valence-electron chi connectivity index (χ0n) is 52.3. The minimum atomic E-state index is -2.32. The Balaban J connectivity index is 0.842. The molecule has 100 heavy (non-hydrogen) atoms. The molecule has 9 saturated heterocycles. The second kappa shape index (κ2) is 35.5. The van der Waals surface area contributed by atoms with Gasteiger partial charge in [-0.25, -0.2) is 0 Å². The van der Waals surface area contributed by atoms with Crippen LogP contribution in [0, 0.1) is 0 Å². The molecule has 9 heterocycles. The van der Waals surface area contributed by atoms with Crippen molar-refractivity contribution in [3.63, 3.8) is 0 Å². The highest BCUT2D eigenvalue weighted by atomic mass is 16.8. The van der Waals surface area contributed by atoms with Crippen molar-refractivity contribution in [1.82, 2.24) is 0 Å². The van der Waals surface area contributed by atoms with Gasteiger partial charge in [0.15, 0.2) is 56.6 Å². The van der Waals surface area contributed by atoms with Gasteiger partial charge in [-0.3, -0.25) is 0 Å². The molecule has 0 aromatic rings. The monoisotopic (exact) mass is 1480 g/mol. The van der Waals surface area contributed by atoms with Crippen molar-refractivity contribution in [3.05, 3.63) is 0 Å². The molecule has 0 aromatic heterocycles. The summed E-state index contributed by atoms with van der Waals surface area (Å²) in [5, 5.41) is 310. The van der Waals surface area contributed by atoms with E-state index in [1.807, 2.05) is 0 Å². The van der Waals surface area contributed by atoms with E-state index in [1.54, 1.807) is 0 Å². The Morgan fingerprint density at radius 2 is 0.350 bits per heavy atom. The van der Waals surface area contributed by atoms with Crippen LogP contribution in [-0.2, 0) is 80.5 Å². The van der Waals surface area contributed by atoms with Crippen LogP contribution in [0.1, 0.15) is 0 Å². The topological polar surface area (TPSA) is 744 Å². The fraction of sp³-hybridized carbons (Fsp3) is 1.00. The third kappa shape index (κ3) is 17.5. The third-order valence-corrected chi connectivity index (χ3v) is 18.7. The molecule has 0 aromatic carbocycles. The molecule has 9 rings (SSSR count). The van der Waals surface area contributed by atoms with Gasteiger partial charge in [0.1, 0.15) is 220 Å². The summed E-state index contributed by atoms with van der Waals surface area (Å²) in [6.45, 7) is -8.42. The van der Waals surface area contributed by atoms with Crippen molar-refractivity contribution in [2.24, 2.45) is 0 Å². The maximum absolute atomic E-state index is 11.6. The molecular formula is C54H92O46. The van der Waals surface area contributed by atoms with E-state index in [1.165, 1.54) is 0 Å². The summed E-state index contributed by atoms with van der Waals surface area (Å²) in [6.07, 6.45) is -89.8. The second-order valence-electron chi connectivity index (χ2n) is 25.4. The van der Waals surface area contributed by atoms with E-state index in [0.29, 0.717) is 0 Å². The predicted molar refractivity (Wildman–Crippen MR) is 297 cm³/mol. The average Bonchev–Trinajstić information content (AvgIpc) is 0.788. The van der Waals surface area contributed by atoms with Gasteiger partial charge in [0.2, 0.25) is 0 Å². The van der Waals surface area contributed by atoms with E-state index in [0.717, 1.165) is 0 Å². The molecule has 0 unspecified atom stereocenters. The Morgan fingerprint density at radius 1 is 0.170 bits per heavy atom. The molecule has 29 N–H and O–H groups in total. The van der Waals surface area contributed by atoms with Crippen LogP contribution < -0.4 is 0 Å². The molecule has 9 aliphatic heterocycles. The molecule has 46 nitrogen and oxygen atoms in total. The lowest BCUT2D eigenvalue weighted by Gasteiger charge is -2.47. The minimum Gasteiger partial charge on any atom is -0.394 e. The van der Waals surface area contributed by atoms with Gasteiger partial charge in [-0.2, -0.15) is 0 Å². The Morgan fingerprint density at radius 3 is 0.610 bits per heavy atom. The summed E-state index contributed by atoms with van der Waals surface area (Å²) in [4.78, 5) is 0. The SMILES string of the molecule is OC[C@H]1O[C@H](OC[C@H]2O[C@H](OC[C@H]3O[C@H](OC[C@H]4O[C@H](O)[C@@H](O)[C@@H](O[C@H]5O[C@H](CO[C@H]6O[C@H](CO[C@H]7O[C@H](CO)[C@@H](O)[C@H](O)[C@@H]7O)[C@@H](O)[C@H](O[C@H]7O[C@H](CO)[C@@H](O)[C@H](O)[C@@H]7O)[C@@H]6O)[C@@H](O)[C@H](O)[C@@H]5O)[C@@H]4O)[C@@H](O)[C@@H](O)[C@@H]3O)[C@@H](O)[C@@H](O[C@H]3O[C@H](CO)[C@@H](O)[C@H](O)[C@@H]3O)[C@@H]2O)[C@@H](O)[C@@H](O)[C@@H]1O. The maximum atomic E-state index is 11.6. The van der Waals surface area contributed by atoms with Crippen LogP contribution in [0.25, 0.3) is 0 Å². The maximum Gasteiger partial charge on any atom is 0.187 e. The normalized spacial score (nSPS) is 53.7. The first-order chi connectivity index (χ1) is 47.3. The standard InChI is InChI=1S/C54H92O46/c55-1-10-19(59)28(68)34(74)47(90-10)85-8-17-26(66)44(99-52-37(77)30(70)21(61)12(3-57)92-52)41(81)50(95-17)87-5-14-23(63)32(72)36(76)49(94-14)84-7-16-25(65)43(40(80)46(83)89-16)98-54-39(79)33(73)24(64)15(97-54)6-88-51-42(82)45(100-53-38(78)31(71)22(62)13(4-58)93-53)27(67)18(96-51)9-86-48-35(75)29(69)20(60)11(2-56)91-48/h10-83H,1-9H2/t10-,11-,12-,13-,14-,15-,16-,17-,18-,19-,20-,21-,22-,23-,24-,25-,26-,27-,28+,29+,30+,31+,32+,33+,34+,35+,36+,37+,38+,39+,40+,41+,42+,43+,44+,45+,46+,47+,48+,49+,50+,51+,52-,53-,54-/m1/s1. The van der Waals surface area contributed by atoms with Crippen molar-refractivity contribution in [3.8, 4) is 0 Å². The number of hydrogen-bond donors (Lipinski definition) is 29. The van der Waals surface area contributed by atoms with Crippen molar-refractivity contribution < 1.29 is 229 Å². The molecule has 0 spiro atoms. The predicted octanol–water partition coefficient (Wildman–Crippen LogP) is -20.6. The number of aliphatic hydroxyl groups excluding tert-OH is 29. The van der Waals surface area contributed by atoms with E-state index in [9.17, 15) is 148 Å². The summed E-state index contributed by atoms with van der Waals surface area (Å²) in [5.41, 5.74) is 0. The minimum absolute atomic E-state index is 0.876. The van der Waals surface area contributed by atoms with Gasteiger partial charge in [-0.05, 0) is 0 Å². The molecule has 46 heteroatoms. The molecule has 0 radical (unpaired) electrons. The van der Waals surface area contributed by atoms with Crippen LogP contribution in [0.15, 0.2) is 0 Å². The van der Waals surface area contributed by atoms with Gasteiger partial charge in [0.25, 0.3) is 0 Å². The first-order valence-electron chi connectivity index (χ1n) is 31.7. The van der Waals surface area contributed by atoms with Gasteiger partial charge < -0.3 is 229 Å². The highest BCUT2D eigenvalue weighted by Crippen LogP contribution is 2.37. The van der Waals surface area contributed by atoms with Crippen LogP contribution in [0.2, 0.25) is 0 Å². The van der Waals surface area contributed by atoms with Crippen molar-refractivity contribution in [2.75, 3.05) is 59.5 Å². The number of aliphatic hydroxyl groups is 29. The highest BCUT2D eigenvalue weighted by molar-refractivity contribution is 5.00. The Hall–Kier alpha value is -1.84. The summed E-state index contributed by atoms with van der Waals surface area (Å²) in [5.74, 6) is 0. The molecule has 0 aliphatic carbocycles. The fourth-order valence-corrected chi connectivity index (χ4v) is 12.4. The van der Waals surface area contributed by atoms with E-state index in [4.69, 9.17) is 80.5 Å². The molecule has 0 bridgehead atoms. The zero-order valence-corrected chi connectivity index (χ0v) is 52.3. The van der Waals surface area contributed by atoms with Crippen LogP contribution in [0.3, 0.4) is 0 Å². The number of ether oxygens (including phenoxy) is 17. The molecular weight excluding hydrogens is 1380 g/mol. The summed E-state index contributed by atoms with van der Waals surface area (Å²) in [6, 6.07) is 0. The van der Waals surface area contributed by atoms with Crippen molar-refractivity contribution in [2.45, 2.75) is 276 Å². The molecule has 584 valence electrons. The van der Waals surface area contributed by atoms with Crippen LogP contribution in [0.5, 0.6) is 0 Å². The molecule has 0 amide bonds. The van der Waals surface area contributed by atoms with E-state index < -0.39 is 336 Å². The van der Waals surface area contributed by atoms with E-state index >= 15 is 0 Å². The summed E-state index contributed by atoms with van der Waals surface area (Å²) >= 11 is 0. The molecule has 9 fully saturated rings. The van der Waals surface area contributed by atoms with Crippen molar-refractivity contribution in [1.29, 1.82) is 0 Å². The third-order valence-electron chi connectivity index (χ3n) is 18.7. The summed E-state index contributed by atoms with van der Waals surface area (Å²) in [7, 11) is 0. The lowest BCUT2D eigenvalue weighted by atomic mass is 9.96. The Bertz CT molecular complexity index is 2450. The molecule has 9 aliphatic rings. The smallest absolute Gasteiger partial charge is 0.187 e.